The van der Waals surface area contributed by atoms with Gasteiger partial charge in [-0.2, -0.15) is 0 Å². The van der Waals surface area contributed by atoms with Gasteiger partial charge in [-0.05, 0) is 68.7 Å². The van der Waals surface area contributed by atoms with Crippen molar-refractivity contribution >= 4 is 8.32 Å². The van der Waals surface area contributed by atoms with Gasteiger partial charge < -0.3 is 19.5 Å². The third-order valence-corrected chi connectivity index (χ3v) is 11.1. The summed E-state index contributed by atoms with van der Waals surface area (Å²) in [6, 6.07) is 0. The molecule has 0 aromatic carbocycles. The van der Waals surface area contributed by atoms with E-state index in [-0.39, 0.29) is 10.5 Å². The maximum Gasteiger partial charge on any atom is 0.191 e. The van der Waals surface area contributed by atoms with Gasteiger partial charge in [0.1, 0.15) is 0 Å². The van der Waals surface area contributed by atoms with Gasteiger partial charge in [0.25, 0.3) is 0 Å². The highest BCUT2D eigenvalue weighted by atomic mass is 28.4. The van der Waals surface area contributed by atoms with Crippen LogP contribution in [0.3, 0.4) is 0 Å². The fourth-order valence-electron chi connectivity index (χ4n) is 3.73. The molecule has 2 N–H and O–H groups in total. The maximum absolute atomic E-state index is 9.82. The molecule has 0 aromatic heterocycles. The van der Waals surface area contributed by atoms with Gasteiger partial charge in [-0.3, -0.25) is 0 Å². The standard InChI is InChI=1S/C18H37NO3Si/c1-17(2,3)23(4,5)22-12-6-9-19-10-7-18(8-11-19)13-15(20)16(21)14-18/h15-16,20-21H,6-14H2,1-5H3/t15-,16-/m1/s1. The average molecular weight is 344 g/mol. The molecule has 5 heteroatoms. The summed E-state index contributed by atoms with van der Waals surface area (Å²) >= 11 is 0. The van der Waals surface area contributed by atoms with Crippen LogP contribution >= 0.6 is 0 Å². The van der Waals surface area contributed by atoms with Crippen LogP contribution in [0.15, 0.2) is 0 Å². The fraction of sp³-hybridized carbons (Fsp3) is 1.00. The molecule has 1 heterocycles. The number of hydrogen-bond donors (Lipinski definition) is 2. The van der Waals surface area contributed by atoms with Gasteiger partial charge in [0, 0.05) is 13.2 Å². The van der Waals surface area contributed by atoms with Crippen molar-refractivity contribution in [1.29, 1.82) is 0 Å². The molecule has 2 fully saturated rings. The largest absolute Gasteiger partial charge is 0.417 e. The van der Waals surface area contributed by atoms with Crippen LogP contribution in [0.4, 0.5) is 0 Å². The van der Waals surface area contributed by atoms with E-state index in [0.29, 0.717) is 0 Å². The first-order chi connectivity index (χ1) is 10.5. The number of rotatable bonds is 5. The Morgan fingerprint density at radius 3 is 2.09 bits per heavy atom. The molecule has 1 aliphatic carbocycles. The number of piperidine rings is 1. The predicted molar refractivity (Wildman–Crippen MR) is 97.1 cm³/mol. The van der Waals surface area contributed by atoms with Crippen LogP contribution in [-0.4, -0.2) is 61.9 Å². The summed E-state index contributed by atoms with van der Waals surface area (Å²) < 4.78 is 6.25. The zero-order chi connectivity index (χ0) is 17.3. The maximum atomic E-state index is 9.82. The number of aliphatic hydroxyl groups is 2. The lowest BCUT2D eigenvalue weighted by Gasteiger charge is -2.40. The van der Waals surface area contributed by atoms with E-state index in [1.165, 1.54) is 0 Å². The Morgan fingerprint density at radius 1 is 1.09 bits per heavy atom. The van der Waals surface area contributed by atoms with Gasteiger partial charge in [0.15, 0.2) is 8.32 Å². The molecule has 1 saturated carbocycles. The second kappa shape index (κ2) is 7.12. The van der Waals surface area contributed by atoms with Crippen LogP contribution in [0, 0.1) is 5.41 Å². The normalized spacial score (nSPS) is 29.3. The van der Waals surface area contributed by atoms with Crippen molar-refractivity contribution < 1.29 is 14.6 Å². The first kappa shape index (κ1) is 19.4. The Morgan fingerprint density at radius 2 is 1.61 bits per heavy atom. The van der Waals surface area contributed by atoms with Gasteiger partial charge >= 0.3 is 0 Å². The highest BCUT2D eigenvalue weighted by molar-refractivity contribution is 6.74. The summed E-state index contributed by atoms with van der Waals surface area (Å²) in [6.45, 7) is 15.7. The van der Waals surface area contributed by atoms with Crippen LogP contribution in [0.2, 0.25) is 18.1 Å². The molecule has 2 atom stereocenters. The van der Waals surface area contributed by atoms with E-state index in [9.17, 15) is 10.2 Å². The molecule has 0 radical (unpaired) electrons. The minimum Gasteiger partial charge on any atom is -0.417 e. The Balaban J connectivity index is 1.66. The van der Waals surface area contributed by atoms with E-state index in [0.717, 1.165) is 58.3 Å². The van der Waals surface area contributed by atoms with Gasteiger partial charge in [-0.1, -0.05) is 20.8 Å². The molecule has 2 rings (SSSR count). The Bertz CT molecular complexity index is 374. The van der Waals surface area contributed by atoms with Crippen LogP contribution in [0.25, 0.3) is 0 Å². The molecule has 0 aromatic rings. The lowest BCUT2D eigenvalue weighted by Crippen LogP contribution is -2.42. The molecular weight excluding hydrogens is 306 g/mol. The minimum atomic E-state index is -1.61. The van der Waals surface area contributed by atoms with Crippen molar-refractivity contribution in [3.8, 4) is 0 Å². The van der Waals surface area contributed by atoms with E-state index in [2.05, 4.69) is 38.8 Å². The highest BCUT2D eigenvalue weighted by Gasteiger charge is 2.45. The molecule has 1 spiro atoms. The molecular formula is C18H37NO3Si. The molecule has 4 nitrogen and oxygen atoms in total. The van der Waals surface area contributed by atoms with Crippen LogP contribution in [-0.2, 0) is 4.43 Å². The van der Waals surface area contributed by atoms with Crippen molar-refractivity contribution in [2.45, 2.75) is 83.2 Å². The summed E-state index contributed by atoms with van der Waals surface area (Å²) in [4.78, 5) is 2.53. The summed E-state index contributed by atoms with van der Waals surface area (Å²) in [5, 5.41) is 19.9. The van der Waals surface area contributed by atoms with E-state index in [4.69, 9.17) is 4.43 Å². The summed E-state index contributed by atoms with van der Waals surface area (Å²) in [6.07, 6.45) is 3.91. The first-order valence-electron chi connectivity index (χ1n) is 9.27. The number of likely N-dealkylation sites (tertiary alicyclic amines) is 1. The smallest absolute Gasteiger partial charge is 0.191 e. The summed E-state index contributed by atoms with van der Waals surface area (Å²) in [5.41, 5.74) is 0.201. The Kier molecular flexibility index (Phi) is 6.00. The fourth-order valence-corrected chi connectivity index (χ4v) is 4.82. The second-order valence-electron chi connectivity index (χ2n) is 9.35. The van der Waals surface area contributed by atoms with Crippen molar-refractivity contribution in [1.82, 2.24) is 4.90 Å². The number of aliphatic hydroxyl groups excluding tert-OH is 2. The van der Waals surface area contributed by atoms with Crippen molar-refractivity contribution in [2.75, 3.05) is 26.2 Å². The number of nitrogens with zero attached hydrogens (tertiary/aromatic N) is 1. The van der Waals surface area contributed by atoms with Gasteiger partial charge in [0.2, 0.25) is 0 Å². The SMILES string of the molecule is CC(C)(C)[Si](C)(C)OCCCN1CCC2(CC1)C[C@@H](O)[C@H](O)C2. The van der Waals surface area contributed by atoms with E-state index < -0.39 is 20.5 Å². The zero-order valence-electron chi connectivity index (χ0n) is 15.8. The Labute approximate surface area is 143 Å². The van der Waals surface area contributed by atoms with Crippen molar-refractivity contribution in [3.05, 3.63) is 0 Å². The quantitative estimate of drug-likeness (QED) is 0.595. The van der Waals surface area contributed by atoms with Crippen LogP contribution in [0.1, 0.15) is 52.9 Å². The summed E-state index contributed by atoms with van der Waals surface area (Å²) in [7, 11) is -1.61. The molecule has 0 unspecified atom stereocenters. The average Bonchev–Trinajstić information content (AvgIpc) is 2.70. The third-order valence-electron chi connectivity index (χ3n) is 6.53. The highest BCUT2D eigenvalue weighted by Crippen LogP contribution is 2.46. The molecule has 1 aliphatic heterocycles. The Hall–Kier alpha value is 0.0569. The number of hydrogen-bond acceptors (Lipinski definition) is 4. The monoisotopic (exact) mass is 343 g/mol. The van der Waals surface area contributed by atoms with E-state index >= 15 is 0 Å². The minimum absolute atomic E-state index is 0.201. The molecule has 2 aliphatic rings. The van der Waals surface area contributed by atoms with Crippen LogP contribution in [0.5, 0.6) is 0 Å². The van der Waals surface area contributed by atoms with Crippen LogP contribution < -0.4 is 0 Å². The van der Waals surface area contributed by atoms with Gasteiger partial charge in [-0.25, -0.2) is 0 Å². The topological polar surface area (TPSA) is 52.9 Å². The van der Waals surface area contributed by atoms with Crippen molar-refractivity contribution in [2.24, 2.45) is 5.41 Å². The van der Waals surface area contributed by atoms with Gasteiger partial charge in [0.05, 0.1) is 12.2 Å². The molecule has 136 valence electrons. The van der Waals surface area contributed by atoms with E-state index in [1.54, 1.807) is 0 Å². The molecule has 23 heavy (non-hydrogen) atoms. The third kappa shape index (κ3) is 4.79. The lowest BCUT2D eigenvalue weighted by atomic mass is 9.77. The molecule has 0 bridgehead atoms. The van der Waals surface area contributed by atoms with Gasteiger partial charge in [-0.15, -0.1) is 0 Å². The molecule has 1 saturated heterocycles. The van der Waals surface area contributed by atoms with E-state index in [1.807, 2.05) is 0 Å². The first-order valence-corrected chi connectivity index (χ1v) is 12.2. The molecule has 0 amide bonds. The predicted octanol–water partition coefficient (Wildman–Crippen LogP) is 3.00. The lowest BCUT2D eigenvalue weighted by molar-refractivity contribution is 0.0438. The second-order valence-corrected chi connectivity index (χ2v) is 14.2. The summed E-state index contributed by atoms with van der Waals surface area (Å²) in [5.74, 6) is 0. The zero-order valence-corrected chi connectivity index (χ0v) is 16.8. The van der Waals surface area contributed by atoms with Crippen molar-refractivity contribution in [3.63, 3.8) is 0 Å².